The normalized spacial score (nSPS) is 17.1. The topological polar surface area (TPSA) is 130 Å². The van der Waals surface area contributed by atoms with Crippen LogP contribution in [0.1, 0.15) is 69.8 Å². The van der Waals surface area contributed by atoms with Gasteiger partial charge in [0.1, 0.15) is 28.5 Å². The molecule has 43 heavy (non-hydrogen) atoms. The molecule has 2 aromatic carbocycles. The number of nitrogens with one attached hydrogen (secondary N) is 3. The van der Waals surface area contributed by atoms with Crippen LogP contribution in [-0.4, -0.2) is 69.4 Å². The van der Waals surface area contributed by atoms with E-state index >= 15 is 0 Å². The van der Waals surface area contributed by atoms with E-state index in [2.05, 4.69) is 15.6 Å². The summed E-state index contributed by atoms with van der Waals surface area (Å²) in [6, 6.07) is 14.1. The zero-order chi connectivity index (χ0) is 31.0. The first-order valence-electron chi connectivity index (χ1n) is 14.7. The van der Waals surface area contributed by atoms with Crippen LogP contribution in [0.2, 0.25) is 0 Å². The maximum atomic E-state index is 14.0. The lowest BCUT2D eigenvalue weighted by atomic mass is 9.82. The summed E-state index contributed by atoms with van der Waals surface area (Å²) in [6.45, 7) is 9.13. The number of nitrogens with zero attached hydrogens (tertiary/aromatic N) is 1. The molecule has 3 heterocycles. The Morgan fingerprint density at radius 3 is 2.42 bits per heavy atom. The first-order chi connectivity index (χ1) is 20.3. The number of carbonyl (C=O) groups is 4. The molecular weight excluding hydrogens is 548 g/mol. The Morgan fingerprint density at radius 2 is 1.70 bits per heavy atom. The largest absolute Gasteiger partial charge is 0.486 e. The quantitative estimate of drug-likeness (QED) is 0.388. The fourth-order valence-corrected chi connectivity index (χ4v) is 5.75. The highest BCUT2D eigenvalue weighted by Crippen LogP contribution is 2.39. The van der Waals surface area contributed by atoms with Crippen LogP contribution in [-0.2, 0) is 20.7 Å². The Morgan fingerprint density at radius 1 is 1.02 bits per heavy atom. The molecular formula is C33H40N4O6. The number of Topliss-reactive ketones (excluding diaryl/α,β-unsaturated/α-hetero) is 1. The van der Waals surface area contributed by atoms with Crippen LogP contribution in [0.3, 0.4) is 0 Å². The van der Waals surface area contributed by atoms with Crippen molar-refractivity contribution < 1.29 is 28.7 Å². The van der Waals surface area contributed by atoms with Crippen molar-refractivity contribution in [2.45, 2.75) is 83.1 Å². The minimum atomic E-state index is -1.35. The monoisotopic (exact) mass is 588 g/mol. The summed E-state index contributed by atoms with van der Waals surface area (Å²) in [7, 11) is 0. The third kappa shape index (κ3) is 6.68. The van der Waals surface area contributed by atoms with Crippen molar-refractivity contribution >= 4 is 34.6 Å². The average Bonchev–Trinajstić information content (AvgIpc) is 3.34. The summed E-state index contributed by atoms with van der Waals surface area (Å²) in [5, 5.41) is 6.50. The molecule has 3 N–H and O–H groups in total. The van der Waals surface area contributed by atoms with Crippen molar-refractivity contribution in [1.82, 2.24) is 20.5 Å². The van der Waals surface area contributed by atoms with Crippen molar-refractivity contribution in [3.05, 3.63) is 65.9 Å². The second-order valence-corrected chi connectivity index (χ2v) is 13.0. The fraction of sp³-hybridized carbons (Fsp3) is 0.455. The minimum absolute atomic E-state index is 0.0471. The number of aromatic nitrogens is 1. The number of alkyl carbamates (subject to hydrolysis) is 1. The lowest BCUT2D eigenvalue weighted by molar-refractivity contribution is -0.140. The van der Waals surface area contributed by atoms with Gasteiger partial charge in [0.25, 0.3) is 0 Å². The van der Waals surface area contributed by atoms with E-state index < -0.39 is 34.8 Å². The molecule has 0 radical (unpaired) electrons. The number of ether oxygens (including phenoxy) is 2. The summed E-state index contributed by atoms with van der Waals surface area (Å²) < 4.78 is 11.7. The Bertz CT molecular complexity index is 1540. The highest BCUT2D eigenvalue weighted by molar-refractivity contribution is 6.00. The highest BCUT2D eigenvalue weighted by Gasteiger charge is 2.45. The summed E-state index contributed by atoms with van der Waals surface area (Å²) in [4.78, 5) is 57.9. The van der Waals surface area contributed by atoms with E-state index in [1.165, 1.54) is 0 Å². The fourth-order valence-electron chi connectivity index (χ4n) is 5.75. The number of piperidine rings is 1. The van der Waals surface area contributed by atoms with Crippen LogP contribution in [0.15, 0.2) is 54.7 Å². The van der Waals surface area contributed by atoms with Gasteiger partial charge in [-0.05, 0) is 58.4 Å². The molecule has 10 heteroatoms. The zero-order valence-electron chi connectivity index (χ0n) is 25.4. The van der Waals surface area contributed by atoms with Gasteiger partial charge >= 0.3 is 6.09 Å². The molecule has 3 aromatic rings. The number of ketones is 1. The number of para-hydroxylation sites is 2. The molecule has 0 bridgehead atoms. The summed E-state index contributed by atoms with van der Waals surface area (Å²) in [5.74, 6) is -0.111. The second kappa shape index (κ2) is 11.4. The van der Waals surface area contributed by atoms with E-state index in [-0.39, 0.29) is 24.5 Å². The predicted octanol–water partition coefficient (Wildman–Crippen LogP) is 4.53. The number of fused-ring (bicyclic) bond motifs is 2. The van der Waals surface area contributed by atoms with Crippen LogP contribution >= 0.6 is 0 Å². The third-order valence-corrected chi connectivity index (χ3v) is 8.07. The van der Waals surface area contributed by atoms with E-state index in [9.17, 15) is 19.2 Å². The number of H-pyrrole nitrogens is 1. The van der Waals surface area contributed by atoms with Gasteiger partial charge in [-0.3, -0.25) is 14.4 Å². The molecule has 1 saturated heterocycles. The first kappa shape index (κ1) is 30.1. The lowest BCUT2D eigenvalue weighted by Crippen LogP contribution is -2.61. The van der Waals surface area contributed by atoms with Gasteiger partial charge in [0.15, 0.2) is 5.78 Å². The Labute approximate surface area is 251 Å². The van der Waals surface area contributed by atoms with Gasteiger partial charge < -0.3 is 30.0 Å². The summed E-state index contributed by atoms with van der Waals surface area (Å²) in [5.41, 5.74) is -0.325. The van der Waals surface area contributed by atoms with Crippen molar-refractivity contribution in [2.75, 3.05) is 13.1 Å². The SMILES string of the molecule is CC(C)(C)OC(=O)NC(C)(C)C(=O)N[C@H](Cc1c[nH]c2ccccc12)C(=O)N1CCC2(CC1)CC(=O)c1ccccc1O2. The maximum Gasteiger partial charge on any atom is 0.408 e. The predicted molar refractivity (Wildman–Crippen MR) is 162 cm³/mol. The molecule has 0 saturated carbocycles. The maximum absolute atomic E-state index is 14.0. The molecule has 0 aliphatic carbocycles. The number of aromatic amines is 1. The molecule has 2 aliphatic rings. The smallest absolute Gasteiger partial charge is 0.408 e. The van der Waals surface area contributed by atoms with Crippen molar-refractivity contribution in [2.24, 2.45) is 0 Å². The second-order valence-electron chi connectivity index (χ2n) is 13.0. The number of rotatable bonds is 6. The number of hydrogen-bond donors (Lipinski definition) is 3. The molecule has 3 amide bonds. The van der Waals surface area contributed by atoms with Gasteiger partial charge in [0.05, 0.1) is 12.0 Å². The van der Waals surface area contributed by atoms with Gasteiger partial charge in [0, 0.05) is 49.5 Å². The van der Waals surface area contributed by atoms with Crippen LogP contribution in [0, 0.1) is 0 Å². The van der Waals surface area contributed by atoms with E-state index in [1.807, 2.05) is 48.7 Å². The molecule has 0 unspecified atom stereocenters. The summed E-state index contributed by atoms with van der Waals surface area (Å²) >= 11 is 0. The number of hydrogen-bond acceptors (Lipinski definition) is 6. The van der Waals surface area contributed by atoms with E-state index in [0.29, 0.717) is 37.2 Å². The molecule has 1 aromatic heterocycles. The van der Waals surface area contributed by atoms with Gasteiger partial charge in [-0.25, -0.2) is 4.79 Å². The Kier molecular flexibility index (Phi) is 7.98. The van der Waals surface area contributed by atoms with Crippen molar-refractivity contribution in [3.63, 3.8) is 0 Å². The average molecular weight is 589 g/mol. The number of benzene rings is 2. The molecule has 1 fully saturated rings. The molecule has 228 valence electrons. The molecule has 1 atom stereocenters. The van der Waals surface area contributed by atoms with Gasteiger partial charge in [-0.15, -0.1) is 0 Å². The standard InChI is InChI=1S/C33H40N4O6/c1-31(2,3)43-30(41)36-32(4,5)29(40)35-25(18-21-20-34-24-12-8-6-10-22(21)24)28(39)37-16-14-33(15-17-37)19-26(38)23-11-7-9-13-27(23)42-33/h6-13,20,25,34H,14-19H2,1-5H3,(H,35,40)(H,36,41)/t25-/m1/s1. The lowest BCUT2D eigenvalue weighted by Gasteiger charge is -2.44. The van der Waals surface area contributed by atoms with Crippen molar-refractivity contribution in [3.8, 4) is 5.75 Å². The first-order valence-corrected chi connectivity index (χ1v) is 14.7. The van der Waals surface area contributed by atoms with Crippen LogP contribution in [0.5, 0.6) is 5.75 Å². The zero-order valence-corrected chi connectivity index (χ0v) is 25.4. The number of carbonyl (C=O) groups excluding carboxylic acids is 4. The highest BCUT2D eigenvalue weighted by atomic mass is 16.6. The molecule has 2 aliphatic heterocycles. The van der Waals surface area contributed by atoms with Gasteiger partial charge in [-0.2, -0.15) is 0 Å². The summed E-state index contributed by atoms with van der Waals surface area (Å²) in [6.07, 6.45) is 2.65. The Balaban J connectivity index is 1.33. The Hall–Kier alpha value is -4.34. The molecule has 10 nitrogen and oxygen atoms in total. The number of likely N-dealkylation sites (tertiary alicyclic amines) is 1. The molecule has 1 spiro atoms. The number of amides is 3. The third-order valence-electron chi connectivity index (χ3n) is 8.07. The van der Waals surface area contributed by atoms with Crippen LogP contribution in [0.4, 0.5) is 4.79 Å². The molecule has 5 rings (SSSR count). The van der Waals surface area contributed by atoms with E-state index in [1.54, 1.807) is 45.6 Å². The van der Waals surface area contributed by atoms with Crippen LogP contribution < -0.4 is 15.4 Å². The van der Waals surface area contributed by atoms with Gasteiger partial charge in [0.2, 0.25) is 11.8 Å². The van der Waals surface area contributed by atoms with E-state index in [4.69, 9.17) is 9.47 Å². The van der Waals surface area contributed by atoms with Crippen molar-refractivity contribution in [1.29, 1.82) is 0 Å². The van der Waals surface area contributed by atoms with Gasteiger partial charge in [-0.1, -0.05) is 30.3 Å². The minimum Gasteiger partial charge on any atom is -0.486 e. The van der Waals surface area contributed by atoms with Crippen LogP contribution in [0.25, 0.3) is 10.9 Å². The van der Waals surface area contributed by atoms with E-state index in [0.717, 1.165) is 16.5 Å².